The minimum absolute atomic E-state index is 0.0344. The first-order valence-corrected chi connectivity index (χ1v) is 16.0. The molecular weight excluding hydrogens is 652 g/mol. The van der Waals surface area contributed by atoms with Crippen molar-refractivity contribution in [3.63, 3.8) is 0 Å². The van der Waals surface area contributed by atoms with Crippen molar-refractivity contribution < 1.29 is 45.8 Å². The summed E-state index contributed by atoms with van der Waals surface area (Å²) in [5.74, 6) is 0.0560. The number of ether oxygens (including phenoxy) is 1. The van der Waals surface area contributed by atoms with Crippen molar-refractivity contribution in [3.05, 3.63) is 58.4 Å². The molecule has 1 aliphatic carbocycles. The number of carbonyl (C=O) groups is 2. The van der Waals surface area contributed by atoms with Crippen molar-refractivity contribution in [2.24, 2.45) is 11.8 Å². The van der Waals surface area contributed by atoms with Crippen LogP contribution in [0.3, 0.4) is 0 Å². The van der Waals surface area contributed by atoms with Crippen LogP contribution >= 0.6 is 11.3 Å². The van der Waals surface area contributed by atoms with Crippen molar-refractivity contribution in [2.75, 3.05) is 18.0 Å². The van der Waals surface area contributed by atoms with E-state index in [4.69, 9.17) is 19.8 Å². The van der Waals surface area contributed by atoms with Crippen LogP contribution < -0.4 is 4.90 Å². The van der Waals surface area contributed by atoms with Crippen LogP contribution in [0.15, 0.2) is 36.0 Å². The van der Waals surface area contributed by atoms with E-state index in [2.05, 4.69) is 4.98 Å². The molecule has 1 amide bonds. The third kappa shape index (κ3) is 7.96. The highest BCUT2D eigenvalue weighted by Gasteiger charge is 2.44. The van der Waals surface area contributed by atoms with Gasteiger partial charge in [-0.3, -0.25) is 9.69 Å². The molecule has 0 radical (unpaired) electrons. The van der Waals surface area contributed by atoms with Crippen LogP contribution in [0.2, 0.25) is 0 Å². The minimum Gasteiger partial charge on any atom is -0.481 e. The number of hydrogen-bond acceptors (Lipinski definition) is 8. The lowest BCUT2D eigenvalue weighted by Crippen LogP contribution is -2.36. The number of carboxylic acids is 1. The minimum atomic E-state index is -5.05. The van der Waals surface area contributed by atoms with Gasteiger partial charge in [-0.25, -0.2) is 19.7 Å². The Labute approximate surface area is 270 Å². The number of halogens is 6. The fraction of sp³-hybridized carbons (Fsp3) is 0.516. The largest absolute Gasteiger partial charge is 0.481 e. The summed E-state index contributed by atoms with van der Waals surface area (Å²) in [7, 11) is 0. The molecule has 5 rings (SSSR count). The van der Waals surface area contributed by atoms with E-state index in [0.29, 0.717) is 47.4 Å². The Balaban J connectivity index is 1.43. The fourth-order valence-corrected chi connectivity index (χ4v) is 6.84. The van der Waals surface area contributed by atoms with Gasteiger partial charge in [0.05, 0.1) is 29.9 Å². The van der Waals surface area contributed by atoms with Crippen LogP contribution in [-0.4, -0.2) is 56.2 Å². The van der Waals surface area contributed by atoms with Gasteiger partial charge < -0.3 is 14.7 Å². The number of benzene rings is 1. The van der Waals surface area contributed by atoms with E-state index in [1.165, 1.54) is 23.2 Å². The maximum Gasteiger partial charge on any atom is 0.416 e. The topological polar surface area (TPSA) is 109 Å². The summed E-state index contributed by atoms with van der Waals surface area (Å²) in [6, 6.07) is 0.230. The normalized spacial score (nSPS) is 22.0. The molecule has 2 aromatic heterocycles. The zero-order valence-electron chi connectivity index (χ0n) is 25.5. The SMILES string of the molecule is CCN(CC1CCC(CC(=O)O)CC1)c1ncc(-c2nccs2)nc1CN1C(=O)OC(c2cc(C(F)(F)F)cc(C(F)(F)F)c2)[C@@H]1C. The first kappa shape index (κ1) is 34.4. The van der Waals surface area contributed by atoms with Crippen molar-refractivity contribution in [2.45, 2.75) is 77.0 Å². The van der Waals surface area contributed by atoms with Crippen LogP contribution in [0.1, 0.15) is 74.4 Å². The highest BCUT2D eigenvalue weighted by molar-refractivity contribution is 7.13. The number of carbonyl (C=O) groups excluding carboxylic acids is 1. The number of nitrogens with zero attached hydrogens (tertiary/aromatic N) is 5. The number of thiazole rings is 1. The van der Waals surface area contributed by atoms with Gasteiger partial charge in [-0.2, -0.15) is 26.3 Å². The summed E-state index contributed by atoms with van der Waals surface area (Å²) in [6.45, 7) is 4.38. The summed E-state index contributed by atoms with van der Waals surface area (Å²) in [4.78, 5) is 41.3. The Morgan fingerprint density at radius 3 is 2.23 bits per heavy atom. The number of aliphatic carboxylic acids is 1. The molecule has 2 aliphatic rings. The van der Waals surface area contributed by atoms with Crippen molar-refractivity contribution in [1.29, 1.82) is 0 Å². The van der Waals surface area contributed by atoms with Gasteiger partial charge in [0.2, 0.25) is 0 Å². The molecule has 16 heteroatoms. The molecule has 254 valence electrons. The van der Waals surface area contributed by atoms with E-state index < -0.39 is 53.3 Å². The molecule has 1 saturated carbocycles. The number of hydrogen-bond donors (Lipinski definition) is 1. The number of amides is 1. The lowest BCUT2D eigenvalue weighted by Gasteiger charge is -2.33. The second-order valence-corrected chi connectivity index (χ2v) is 12.8. The van der Waals surface area contributed by atoms with Gasteiger partial charge in [-0.05, 0) is 75.1 Å². The van der Waals surface area contributed by atoms with E-state index in [-0.39, 0.29) is 30.9 Å². The number of aromatic nitrogens is 3. The van der Waals surface area contributed by atoms with Crippen molar-refractivity contribution in [1.82, 2.24) is 19.9 Å². The number of rotatable bonds is 10. The summed E-state index contributed by atoms with van der Waals surface area (Å²) in [5.41, 5.74) is -2.61. The Hall–Kier alpha value is -3.95. The van der Waals surface area contributed by atoms with Gasteiger partial charge in [0.15, 0.2) is 5.82 Å². The molecule has 1 aliphatic heterocycles. The second-order valence-electron chi connectivity index (χ2n) is 11.9. The number of carboxylic acid groups (broad SMARTS) is 1. The highest BCUT2D eigenvalue weighted by Crippen LogP contribution is 2.41. The predicted octanol–water partition coefficient (Wildman–Crippen LogP) is 7.83. The molecule has 3 aromatic rings. The molecule has 1 N–H and O–H groups in total. The lowest BCUT2D eigenvalue weighted by molar-refractivity contribution is -0.143. The van der Waals surface area contributed by atoms with Crippen LogP contribution in [0.4, 0.5) is 37.0 Å². The molecule has 1 aromatic carbocycles. The van der Waals surface area contributed by atoms with Crippen LogP contribution in [-0.2, 0) is 28.4 Å². The zero-order valence-corrected chi connectivity index (χ0v) is 26.3. The number of anilines is 1. The number of alkyl halides is 6. The maximum atomic E-state index is 13.6. The molecule has 0 spiro atoms. The summed E-state index contributed by atoms with van der Waals surface area (Å²) >= 11 is 1.33. The summed E-state index contributed by atoms with van der Waals surface area (Å²) in [5, 5.41) is 11.5. The molecule has 9 nitrogen and oxygen atoms in total. The molecule has 1 unspecified atom stereocenters. The van der Waals surface area contributed by atoms with E-state index in [1.54, 1.807) is 17.8 Å². The molecule has 0 bridgehead atoms. The molecule has 1 saturated heterocycles. The van der Waals surface area contributed by atoms with E-state index in [1.807, 2.05) is 11.8 Å². The van der Waals surface area contributed by atoms with Gasteiger partial charge in [0.25, 0.3) is 0 Å². The van der Waals surface area contributed by atoms with Crippen LogP contribution in [0, 0.1) is 11.8 Å². The van der Waals surface area contributed by atoms with Gasteiger partial charge in [0, 0.05) is 31.1 Å². The maximum absolute atomic E-state index is 13.6. The van der Waals surface area contributed by atoms with Crippen molar-refractivity contribution in [3.8, 4) is 10.7 Å². The average molecular weight is 686 g/mol. The molecule has 47 heavy (non-hydrogen) atoms. The monoisotopic (exact) mass is 685 g/mol. The van der Waals surface area contributed by atoms with E-state index in [9.17, 15) is 35.9 Å². The fourth-order valence-electron chi connectivity index (χ4n) is 6.25. The van der Waals surface area contributed by atoms with Crippen LogP contribution in [0.5, 0.6) is 0 Å². The van der Waals surface area contributed by atoms with Crippen molar-refractivity contribution >= 4 is 29.2 Å². The smallest absolute Gasteiger partial charge is 0.416 e. The van der Waals surface area contributed by atoms with E-state index >= 15 is 0 Å². The Morgan fingerprint density at radius 2 is 1.68 bits per heavy atom. The quantitative estimate of drug-likeness (QED) is 0.215. The number of cyclic esters (lactones) is 1. The van der Waals surface area contributed by atoms with Gasteiger partial charge in [-0.15, -0.1) is 11.3 Å². The standard InChI is InChI=1S/C31H33F6N5O4S/c1-3-41(15-19-6-4-18(5-7-19)10-25(43)44)27-24(40-23(14-39-27)28-38-8-9-47-28)16-42-17(2)26(46-29(42)45)20-11-21(30(32,33)34)13-22(12-20)31(35,36)37/h8-9,11-14,17-19,26H,3-7,10,15-16H2,1-2H3,(H,43,44)/t17-,18?,19?,26?/m0/s1. The summed E-state index contributed by atoms with van der Waals surface area (Å²) < 4.78 is 86.8. The second kappa shape index (κ2) is 13.6. The third-order valence-corrected chi connectivity index (χ3v) is 9.51. The lowest BCUT2D eigenvalue weighted by atomic mass is 9.80. The Morgan fingerprint density at radius 1 is 1.04 bits per heavy atom. The average Bonchev–Trinajstić information content (AvgIpc) is 3.64. The Kier molecular flexibility index (Phi) is 9.99. The molecule has 2 atom stereocenters. The highest BCUT2D eigenvalue weighted by atomic mass is 32.1. The molecule has 3 heterocycles. The summed E-state index contributed by atoms with van der Waals surface area (Å²) in [6.07, 6.45) is -5.87. The van der Waals surface area contributed by atoms with Gasteiger partial charge >= 0.3 is 24.4 Å². The van der Waals surface area contributed by atoms with E-state index in [0.717, 1.165) is 25.7 Å². The first-order chi connectivity index (χ1) is 22.1. The first-order valence-electron chi connectivity index (χ1n) is 15.1. The Bertz CT molecular complexity index is 1550. The molecule has 2 fully saturated rings. The third-order valence-electron chi connectivity index (χ3n) is 8.71. The van der Waals surface area contributed by atoms with Gasteiger partial charge in [0.1, 0.15) is 22.5 Å². The van der Waals surface area contributed by atoms with Crippen LogP contribution in [0.25, 0.3) is 10.7 Å². The molecular formula is C31H33F6N5O4S. The zero-order chi connectivity index (χ0) is 34.1. The predicted molar refractivity (Wildman–Crippen MR) is 159 cm³/mol. The van der Waals surface area contributed by atoms with Gasteiger partial charge in [-0.1, -0.05) is 0 Å².